The maximum atomic E-state index is 12.3. The van der Waals surface area contributed by atoms with Crippen LogP contribution in [0.2, 0.25) is 5.02 Å². The lowest BCUT2D eigenvalue weighted by atomic mass is 10.2. The van der Waals surface area contributed by atoms with Crippen molar-refractivity contribution in [3.05, 3.63) is 40.9 Å². The number of rotatable bonds is 3. The molecule has 116 valence electrons. The van der Waals surface area contributed by atoms with Gasteiger partial charge in [0, 0.05) is 38.4 Å². The van der Waals surface area contributed by atoms with E-state index in [2.05, 4.69) is 15.0 Å². The van der Waals surface area contributed by atoms with Crippen LogP contribution in [0, 0.1) is 6.92 Å². The van der Waals surface area contributed by atoms with Crippen LogP contribution in [0.15, 0.2) is 28.9 Å². The monoisotopic (exact) mass is 320 g/mol. The van der Waals surface area contributed by atoms with Crippen LogP contribution in [0.4, 0.5) is 5.82 Å². The number of aryl methyl sites for hydroxylation is 1. The van der Waals surface area contributed by atoms with E-state index < -0.39 is 0 Å². The topological polar surface area (TPSA) is 62.5 Å². The first-order valence-electron chi connectivity index (χ1n) is 7.19. The van der Waals surface area contributed by atoms with Gasteiger partial charge in [0.1, 0.15) is 11.6 Å². The van der Waals surface area contributed by atoms with E-state index in [9.17, 15) is 4.79 Å². The summed E-state index contributed by atoms with van der Waals surface area (Å²) in [5, 5.41) is 4.44. The highest BCUT2D eigenvalue weighted by molar-refractivity contribution is 6.32. The van der Waals surface area contributed by atoms with E-state index in [0.717, 1.165) is 24.6 Å². The number of amides is 1. The number of piperazine rings is 1. The van der Waals surface area contributed by atoms with Gasteiger partial charge in [-0.2, -0.15) is 0 Å². The second-order valence-corrected chi connectivity index (χ2v) is 5.70. The summed E-state index contributed by atoms with van der Waals surface area (Å²) in [5.41, 5.74) is 0.789. The molecule has 0 atom stereocenters. The molecular weight excluding hydrogens is 304 g/mol. The number of aromatic nitrogens is 2. The minimum atomic E-state index is 0.0583. The second kappa shape index (κ2) is 6.36. The average Bonchev–Trinajstić information content (AvgIpc) is 2.93. The molecule has 0 aromatic carbocycles. The quantitative estimate of drug-likeness (QED) is 0.864. The highest BCUT2D eigenvalue weighted by Gasteiger charge is 2.23. The smallest absolute Gasteiger partial charge is 0.230 e. The summed E-state index contributed by atoms with van der Waals surface area (Å²) in [4.78, 5) is 20.5. The van der Waals surface area contributed by atoms with E-state index in [0.29, 0.717) is 23.9 Å². The summed E-state index contributed by atoms with van der Waals surface area (Å²) >= 11 is 6.16. The molecule has 2 aromatic heterocycles. The summed E-state index contributed by atoms with van der Waals surface area (Å²) in [6, 6.07) is 5.43. The SMILES string of the molecule is Cc1cc(CC(=O)N2CCN(c3ncccc3Cl)CC2)on1. The Kier molecular flexibility index (Phi) is 4.29. The molecule has 3 heterocycles. The van der Waals surface area contributed by atoms with Crippen LogP contribution in [-0.2, 0) is 11.2 Å². The molecule has 1 aliphatic rings. The number of nitrogens with zero attached hydrogens (tertiary/aromatic N) is 4. The molecule has 7 heteroatoms. The summed E-state index contributed by atoms with van der Waals surface area (Å²) in [7, 11) is 0. The number of pyridine rings is 1. The van der Waals surface area contributed by atoms with Crippen molar-refractivity contribution >= 4 is 23.3 Å². The highest BCUT2D eigenvalue weighted by atomic mass is 35.5. The fourth-order valence-corrected chi connectivity index (χ4v) is 2.78. The second-order valence-electron chi connectivity index (χ2n) is 5.29. The lowest BCUT2D eigenvalue weighted by molar-refractivity contribution is -0.131. The number of halogens is 1. The third kappa shape index (κ3) is 3.22. The lowest BCUT2D eigenvalue weighted by Crippen LogP contribution is -2.49. The summed E-state index contributed by atoms with van der Waals surface area (Å²) in [6.07, 6.45) is 1.98. The van der Waals surface area contributed by atoms with Crippen LogP contribution in [0.25, 0.3) is 0 Å². The molecule has 0 aliphatic carbocycles. The Balaban J connectivity index is 1.57. The summed E-state index contributed by atoms with van der Waals surface area (Å²) in [6.45, 7) is 4.58. The van der Waals surface area contributed by atoms with Crippen LogP contribution in [0.1, 0.15) is 11.5 Å². The van der Waals surface area contributed by atoms with Crippen LogP contribution in [-0.4, -0.2) is 47.1 Å². The molecule has 2 aromatic rings. The Morgan fingerprint density at radius 2 is 2.14 bits per heavy atom. The van der Waals surface area contributed by atoms with Gasteiger partial charge in [0.25, 0.3) is 0 Å². The predicted octanol–water partition coefficient (Wildman–Crippen LogP) is 1.92. The van der Waals surface area contributed by atoms with Crippen molar-refractivity contribution in [3.8, 4) is 0 Å². The first-order chi connectivity index (χ1) is 10.6. The van der Waals surface area contributed by atoms with Crippen molar-refractivity contribution in [2.45, 2.75) is 13.3 Å². The maximum absolute atomic E-state index is 12.3. The van der Waals surface area contributed by atoms with E-state index >= 15 is 0 Å². The van der Waals surface area contributed by atoms with E-state index in [4.69, 9.17) is 16.1 Å². The number of carbonyl (C=O) groups is 1. The van der Waals surface area contributed by atoms with Gasteiger partial charge >= 0.3 is 0 Å². The van der Waals surface area contributed by atoms with Gasteiger partial charge in [-0.05, 0) is 19.1 Å². The molecule has 22 heavy (non-hydrogen) atoms. The van der Waals surface area contributed by atoms with Crippen molar-refractivity contribution in [1.82, 2.24) is 15.0 Å². The minimum Gasteiger partial charge on any atom is -0.361 e. The molecule has 1 saturated heterocycles. The third-order valence-electron chi connectivity index (χ3n) is 3.67. The number of hydrogen-bond donors (Lipinski definition) is 0. The van der Waals surface area contributed by atoms with Crippen LogP contribution in [0.5, 0.6) is 0 Å². The molecule has 0 N–H and O–H groups in total. The standard InChI is InChI=1S/C15H17ClN4O2/c1-11-9-12(22-18-11)10-14(21)19-5-7-20(8-6-19)15-13(16)3-2-4-17-15/h2-4,9H,5-8,10H2,1H3. The van der Waals surface area contributed by atoms with Gasteiger partial charge in [-0.3, -0.25) is 4.79 Å². The molecule has 6 nitrogen and oxygen atoms in total. The minimum absolute atomic E-state index is 0.0583. The highest BCUT2D eigenvalue weighted by Crippen LogP contribution is 2.23. The Morgan fingerprint density at radius 3 is 2.77 bits per heavy atom. The molecular formula is C15H17ClN4O2. The van der Waals surface area contributed by atoms with E-state index in [1.54, 1.807) is 12.3 Å². The first-order valence-corrected chi connectivity index (χ1v) is 7.57. The summed E-state index contributed by atoms with van der Waals surface area (Å²) in [5.74, 6) is 1.45. The fraction of sp³-hybridized carbons (Fsp3) is 0.400. The molecule has 0 bridgehead atoms. The van der Waals surface area contributed by atoms with Gasteiger partial charge in [0.15, 0.2) is 0 Å². The molecule has 0 saturated carbocycles. The number of carbonyl (C=O) groups excluding carboxylic acids is 1. The molecule has 1 amide bonds. The average molecular weight is 321 g/mol. The van der Waals surface area contributed by atoms with Crippen molar-refractivity contribution in [1.29, 1.82) is 0 Å². The number of hydrogen-bond acceptors (Lipinski definition) is 5. The predicted molar refractivity (Wildman–Crippen MR) is 83.0 cm³/mol. The molecule has 0 unspecified atom stereocenters. The van der Waals surface area contributed by atoms with Crippen LogP contribution >= 0.6 is 11.6 Å². The van der Waals surface area contributed by atoms with Gasteiger partial charge in [0.05, 0.1) is 17.1 Å². The van der Waals surface area contributed by atoms with Gasteiger partial charge in [-0.1, -0.05) is 16.8 Å². The molecule has 1 fully saturated rings. The Morgan fingerprint density at radius 1 is 1.36 bits per heavy atom. The zero-order valence-electron chi connectivity index (χ0n) is 12.3. The van der Waals surface area contributed by atoms with Crippen LogP contribution < -0.4 is 4.90 Å². The fourth-order valence-electron chi connectivity index (χ4n) is 2.54. The zero-order chi connectivity index (χ0) is 15.5. The normalized spacial score (nSPS) is 15.2. The maximum Gasteiger partial charge on any atom is 0.230 e. The van der Waals surface area contributed by atoms with Crippen molar-refractivity contribution in [3.63, 3.8) is 0 Å². The Hall–Kier alpha value is -2.08. The van der Waals surface area contributed by atoms with E-state index in [1.165, 1.54) is 0 Å². The van der Waals surface area contributed by atoms with Crippen molar-refractivity contribution in [2.75, 3.05) is 31.1 Å². The molecule has 0 radical (unpaired) electrons. The van der Waals surface area contributed by atoms with Gasteiger partial charge < -0.3 is 14.3 Å². The van der Waals surface area contributed by atoms with Crippen LogP contribution in [0.3, 0.4) is 0 Å². The largest absolute Gasteiger partial charge is 0.361 e. The first kappa shape index (κ1) is 14.8. The third-order valence-corrected chi connectivity index (χ3v) is 3.97. The van der Waals surface area contributed by atoms with E-state index in [1.807, 2.05) is 24.0 Å². The Bertz CT molecular complexity index is 665. The van der Waals surface area contributed by atoms with Gasteiger partial charge in [-0.25, -0.2) is 4.98 Å². The van der Waals surface area contributed by atoms with Crippen molar-refractivity contribution in [2.24, 2.45) is 0 Å². The van der Waals surface area contributed by atoms with E-state index in [-0.39, 0.29) is 12.3 Å². The zero-order valence-corrected chi connectivity index (χ0v) is 13.1. The van der Waals surface area contributed by atoms with Crippen molar-refractivity contribution < 1.29 is 9.32 Å². The number of anilines is 1. The van der Waals surface area contributed by atoms with Gasteiger partial charge in [-0.15, -0.1) is 0 Å². The summed E-state index contributed by atoms with van der Waals surface area (Å²) < 4.78 is 5.10. The van der Waals surface area contributed by atoms with Gasteiger partial charge in [0.2, 0.25) is 5.91 Å². The molecule has 1 aliphatic heterocycles. The Labute approximate surface area is 133 Å². The molecule has 0 spiro atoms. The lowest BCUT2D eigenvalue weighted by Gasteiger charge is -2.35. The molecule has 3 rings (SSSR count).